The fourth-order valence-electron chi connectivity index (χ4n) is 7.19. The molecule has 0 amide bonds. The molecule has 3 aromatic heterocycles. The van der Waals surface area contributed by atoms with E-state index in [2.05, 4.69) is 22.1 Å². The zero-order chi connectivity index (χ0) is 36.9. The molecular formula is C45H29Cl3N4O2. The number of aromatic amines is 2. The first-order valence-electron chi connectivity index (χ1n) is 17.1. The highest BCUT2D eigenvalue weighted by Gasteiger charge is 2.20. The summed E-state index contributed by atoms with van der Waals surface area (Å²) >= 11 is 19.8. The van der Waals surface area contributed by atoms with Gasteiger partial charge >= 0.3 is 0 Å². The number of H-pyrrole nitrogens is 2. The molecule has 8 bridgehead atoms. The Morgan fingerprint density at radius 1 is 0.463 bits per heavy atom. The summed E-state index contributed by atoms with van der Waals surface area (Å²) in [4.78, 5) is 18.0. The van der Waals surface area contributed by atoms with E-state index in [9.17, 15) is 5.11 Å². The quantitative estimate of drug-likeness (QED) is 0.163. The number of rotatable bonds is 5. The largest absolute Gasteiger partial charge is 0.504 e. The van der Waals surface area contributed by atoms with Crippen LogP contribution in [0.4, 0.5) is 0 Å². The van der Waals surface area contributed by atoms with Gasteiger partial charge in [0.2, 0.25) is 0 Å². The van der Waals surface area contributed by atoms with Crippen molar-refractivity contribution in [2.24, 2.45) is 0 Å². The Hall–Kier alpha value is -6.05. The lowest BCUT2D eigenvalue weighted by molar-refractivity contribution is 0.373. The van der Waals surface area contributed by atoms with Gasteiger partial charge in [-0.2, -0.15) is 0 Å². The van der Waals surface area contributed by atoms with E-state index in [0.717, 1.165) is 83.7 Å². The molecule has 0 aliphatic carbocycles. The molecule has 2 aliphatic heterocycles. The number of benzene rings is 4. The summed E-state index contributed by atoms with van der Waals surface area (Å²) < 4.78 is 5.55. The zero-order valence-electron chi connectivity index (χ0n) is 28.7. The Morgan fingerprint density at radius 3 is 1.15 bits per heavy atom. The molecule has 0 atom stereocenters. The normalized spacial score (nSPS) is 12.0. The fraction of sp³-hybridized carbons (Fsp3) is 0.0222. The van der Waals surface area contributed by atoms with E-state index in [-0.39, 0.29) is 5.75 Å². The Kier molecular flexibility index (Phi) is 8.59. The van der Waals surface area contributed by atoms with Gasteiger partial charge in [-0.3, -0.25) is 0 Å². The van der Waals surface area contributed by atoms with Crippen molar-refractivity contribution in [1.82, 2.24) is 19.9 Å². The molecule has 262 valence electrons. The molecule has 4 aromatic carbocycles. The topological polar surface area (TPSA) is 86.8 Å². The Bertz CT molecular complexity index is 2840. The van der Waals surface area contributed by atoms with Crippen LogP contribution in [0, 0.1) is 0 Å². The van der Waals surface area contributed by atoms with Crippen molar-refractivity contribution >= 4 is 81.2 Å². The predicted molar refractivity (Wildman–Crippen MR) is 224 cm³/mol. The number of nitrogens with one attached hydrogen (secondary N) is 2. The first kappa shape index (κ1) is 33.8. The molecule has 54 heavy (non-hydrogen) atoms. The van der Waals surface area contributed by atoms with Gasteiger partial charge in [-0.1, -0.05) is 77.3 Å². The molecule has 0 saturated heterocycles. The molecule has 3 N–H and O–H groups in total. The van der Waals surface area contributed by atoms with E-state index >= 15 is 0 Å². The van der Waals surface area contributed by atoms with Crippen molar-refractivity contribution in [3.05, 3.63) is 153 Å². The SMILES string of the molecule is COc1cc(-c2c3nc(c(-c4cccc(Cl)c4)c4ccc([nH]4)c(-c4cccc(Cl)c4)c4nc(c(-c5cccc(Cl)c5)c5ccc2[nH]5)C=C4)C=C3)ccc1O. The van der Waals surface area contributed by atoms with E-state index in [4.69, 9.17) is 49.5 Å². The molecular weight excluding hydrogens is 735 g/mol. The standard InChI is InChI=1S/C45H29Cl3N4O2/c1-54-41-24-28(11-20-40(41)53)45-38-18-16-36(51-38)43(26-6-3-9-30(47)22-26)34-14-12-32(49-34)42(25-5-2-8-29(46)21-25)33-13-15-35(50-33)44(37-17-19-39(45)52-37)27-7-4-10-31(48)23-27/h2-24,49,52-53H,1H3. The highest BCUT2D eigenvalue weighted by atomic mass is 35.5. The van der Waals surface area contributed by atoms with Crippen LogP contribution >= 0.6 is 34.8 Å². The summed E-state index contributed by atoms with van der Waals surface area (Å²) in [6.45, 7) is 0. The molecule has 5 heterocycles. The second-order valence-corrected chi connectivity index (χ2v) is 14.2. The Balaban J connectivity index is 1.48. The molecule has 6 nitrogen and oxygen atoms in total. The second kappa shape index (κ2) is 13.7. The predicted octanol–water partition coefficient (Wildman–Crippen LogP) is 13.0. The number of halogens is 3. The maximum absolute atomic E-state index is 10.5. The van der Waals surface area contributed by atoms with Crippen LogP contribution in [0.5, 0.6) is 11.5 Å². The number of hydrogen-bond donors (Lipinski definition) is 3. The third-order valence-corrected chi connectivity index (χ3v) is 10.3. The summed E-state index contributed by atoms with van der Waals surface area (Å²) in [5.41, 5.74) is 13.3. The molecule has 2 aliphatic rings. The summed E-state index contributed by atoms with van der Waals surface area (Å²) in [5, 5.41) is 12.4. The van der Waals surface area contributed by atoms with Crippen molar-refractivity contribution in [3.8, 4) is 56.0 Å². The number of aromatic hydroxyl groups is 1. The van der Waals surface area contributed by atoms with E-state index in [1.54, 1.807) is 6.07 Å². The highest BCUT2D eigenvalue weighted by Crippen LogP contribution is 2.40. The van der Waals surface area contributed by atoms with Crippen LogP contribution in [-0.4, -0.2) is 32.2 Å². The minimum absolute atomic E-state index is 0.0427. The molecule has 0 fully saturated rings. The number of nitrogens with zero attached hydrogens (tertiary/aromatic N) is 2. The first-order valence-corrected chi connectivity index (χ1v) is 18.3. The van der Waals surface area contributed by atoms with Gasteiger partial charge in [-0.15, -0.1) is 0 Å². The van der Waals surface area contributed by atoms with Gasteiger partial charge in [0.05, 0.1) is 29.9 Å². The second-order valence-electron chi connectivity index (χ2n) is 12.9. The number of methoxy groups -OCH3 is 1. The van der Waals surface area contributed by atoms with E-state index in [1.165, 1.54) is 7.11 Å². The number of ether oxygens (including phenoxy) is 1. The van der Waals surface area contributed by atoms with Crippen molar-refractivity contribution < 1.29 is 9.84 Å². The molecule has 0 unspecified atom stereocenters. The number of aromatic nitrogens is 4. The lowest BCUT2D eigenvalue weighted by atomic mass is 10.0. The maximum Gasteiger partial charge on any atom is 0.161 e. The zero-order valence-corrected chi connectivity index (χ0v) is 30.9. The van der Waals surface area contributed by atoms with Gasteiger partial charge in [0.15, 0.2) is 11.5 Å². The van der Waals surface area contributed by atoms with Crippen molar-refractivity contribution in [2.75, 3.05) is 7.11 Å². The lowest BCUT2D eigenvalue weighted by Gasteiger charge is -2.09. The summed E-state index contributed by atoms with van der Waals surface area (Å²) in [6, 6.07) is 36.8. The van der Waals surface area contributed by atoms with Gasteiger partial charge in [0.1, 0.15) is 0 Å². The summed E-state index contributed by atoms with van der Waals surface area (Å²) in [5.74, 6) is 0.392. The Labute approximate surface area is 325 Å². The number of phenolic OH excluding ortho intramolecular Hbond substituents is 1. The minimum atomic E-state index is 0.0427. The van der Waals surface area contributed by atoms with E-state index in [0.29, 0.717) is 26.5 Å². The monoisotopic (exact) mass is 762 g/mol. The highest BCUT2D eigenvalue weighted by molar-refractivity contribution is 6.31. The van der Waals surface area contributed by atoms with Crippen LogP contribution in [0.1, 0.15) is 22.8 Å². The van der Waals surface area contributed by atoms with Crippen LogP contribution in [-0.2, 0) is 0 Å². The van der Waals surface area contributed by atoms with Gasteiger partial charge in [0.25, 0.3) is 0 Å². The van der Waals surface area contributed by atoms with Crippen LogP contribution < -0.4 is 4.74 Å². The molecule has 9 heteroatoms. The van der Waals surface area contributed by atoms with Gasteiger partial charge in [0, 0.05) is 59.4 Å². The van der Waals surface area contributed by atoms with E-state index in [1.807, 2.05) is 121 Å². The number of fused-ring (bicyclic) bond motifs is 8. The molecule has 9 rings (SSSR count). The van der Waals surface area contributed by atoms with Gasteiger partial charge < -0.3 is 19.8 Å². The fourth-order valence-corrected chi connectivity index (χ4v) is 7.76. The first-order chi connectivity index (χ1) is 26.3. The summed E-state index contributed by atoms with van der Waals surface area (Å²) in [7, 11) is 1.54. The molecule has 0 spiro atoms. The number of phenols is 1. The lowest BCUT2D eigenvalue weighted by Crippen LogP contribution is -1.90. The number of hydrogen-bond acceptors (Lipinski definition) is 4. The van der Waals surface area contributed by atoms with E-state index < -0.39 is 0 Å². The van der Waals surface area contributed by atoms with Crippen molar-refractivity contribution in [2.45, 2.75) is 0 Å². The summed E-state index contributed by atoms with van der Waals surface area (Å²) in [6.07, 6.45) is 8.08. The molecule has 0 saturated carbocycles. The van der Waals surface area contributed by atoms with Gasteiger partial charge in [-0.25, -0.2) is 9.97 Å². The molecule has 0 radical (unpaired) electrons. The smallest absolute Gasteiger partial charge is 0.161 e. The van der Waals surface area contributed by atoms with Crippen LogP contribution in [0.15, 0.2) is 115 Å². The van der Waals surface area contributed by atoms with Gasteiger partial charge in [-0.05, 0) is 119 Å². The van der Waals surface area contributed by atoms with Crippen LogP contribution in [0.3, 0.4) is 0 Å². The average Bonchev–Trinajstić information content (AvgIpc) is 4.00. The molecule has 7 aromatic rings. The van der Waals surface area contributed by atoms with Crippen LogP contribution in [0.2, 0.25) is 15.1 Å². The third-order valence-electron chi connectivity index (χ3n) is 9.56. The average molecular weight is 764 g/mol. The Morgan fingerprint density at radius 2 is 0.815 bits per heavy atom. The minimum Gasteiger partial charge on any atom is -0.504 e. The van der Waals surface area contributed by atoms with Crippen LogP contribution in [0.25, 0.3) is 90.9 Å². The maximum atomic E-state index is 10.5. The third kappa shape index (κ3) is 6.14. The van der Waals surface area contributed by atoms with Crippen molar-refractivity contribution in [3.63, 3.8) is 0 Å². The van der Waals surface area contributed by atoms with Crippen molar-refractivity contribution in [1.29, 1.82) is 0 Å².